The van der Waals surface area contributed by atoms with Crippen molar-refractivity contribution < 1.29 is 19.1 Å². The molecule has 0 bridgehead atoms. The Morgan fingerprint density at radius 2 is 2.00 bits per heavy atom. The molecule has 1 aromatic carbocycles. The smallest absolute Gasteiger partial charge is 0.416 e. The number of amides is 2. The van der Waals surface area contributed by atoms with Gasteiger partial charge in [-0.05, 0) is 57.2 Å². The van der Waals surface area contributed by atoms with Crippen LogP contribution in [0.4, 0.5) is 21.1 Å². The fourth-order valence-corrected chi connectivity index (χ4v) is 3.66. The highest BCUT2D eigenvalue weighted by Crippen LogP contribution is 2.49. The minimum Gasteiger partial charge on any atom is -0.443 e. The summed E-state index contributed by atoms with van der Waals surface area (Å²) >= 11 is 0. The van der Waals surface area contributed by atoms with Crippen LogP contribution in [-0.2, 0) is 15.0 Å². The predicted molar refractivity (Wildman–Crippen MR) is 119 cm³/mol. The van der Waals surface area contributed by atoms with E-state index in [0.29, 0.717) is 11.5 Å². The van der Waals surface area contributed by atoms with E-state index in [1.807, 2.05) is 24.3 Å². The molecule has 166 valence electrons. The Morgan fingerprint density at radius 3 is 2.56 bits per heavy atom. The third-order valence-electron chi connectivity index (χ3n) is 5.45. The molecule has 1 aliphatic heterocycles. The first-order valence-electron chi connectivity index (χ1n) is 10.6. The van der Waals surface area contributed by atoms with Crippen LogP contribution in [0.3, 0.4) is 0 Å². The van der Waals surface area contributed by atoms with Gasteiger partial charge in [0.15, 0.2) is 0 Å². The Kier molecular flexibility index (Phi) is 5.51. The highest BCUT2D eigenvalue weighted by molar-refractivity contribution is 5.90. The molecule has 1 saturated carbocycles. The number of carbonyl (C=O) groups excluding carboxylic acids is 2. The number of nitrogens with zero attached hydrogens (tertiary/aromatic N) is 4. The average Bonchev–Trinajstić information content (AvgIpc) is 3.48. The fraction of sp³-hybridized carbons (Fsp3) is 0.417. The summed E-state index contributed by atoms with van der Waals surface area (Å²) in [5.74, 6) is 0.425. The Bertz CT molecular complexity index is 1040. The second kappa shape index (κ2) is 8.15. The number of anilines is 2. The van der Waals surface area contributed by atoms with E-state index in [1.165, 1.54) is 9.80 Å². The molecule has 2 fully saturated rings. The number of pyridine rings is 1. The lowest BCUT2D eigenvalue weighted by atomic mass is 10.1. The summed E-state index contributed by atoms with van der Waals surface area (Å²) in [5, 5.41) is 0. The number of ether oxygens (including phenoxy) is 2. The highest BCUT2D eigenvalue weighted by Gasteiger charge is 2.52. The Morgan fingerprint density at radius 1 is 1.28 bits per heavy atom. The molecule has 1 aromatic heterocycles. The molecule has 4 rings (SSSR count). The standard InChI is InChI=1S/C24H26N4O4/c1-23(2,3)32-22(30)28(20-7-5-6-14-26-20)16-19-15-27(21(29)31-19)18-10-8-17(9-11-18)24(25-4)12-13-24/h5-11,14,19H,12-13,15-16H2,1-3H3/t19-/m1/s1. The van der Waals surface area contributed by atoms with Gasteiger partial charge >= 0.3 is 12.2 Å². The SMILES string of the molecule is [C-]#[N+]C1(c2ccc(N3C[C@H](CN(C(=O)OC(C)(C)C)c4ccccn4)OC3=O)cc2)CC1. The van der Waals surface area contributed by atoms with Gasteiger partial charge in [0.2, 0.25) is 0 Å². The van der Waals surface area contributed by atoms with Crippen LogP contribution >= 0.6 is 0 Å². The topological polar surface area (TPSA) is 76.3 Å². The molecule has 1 atom stereocenters. The molecule has 8 nitrogen and oxygen atoms in total. The number of benzene rings is 1. The lowest BCUT2D eigenvalue weighted by Gasteiger charge is -2.27. The Labute approximate surface area is 187 Å². The van der Waals surface area contributed by atoms with Crippen LogP contribution in [0, 0.1) is 6.57 Å². The zero-order valence-corrected chi connectivity index (χ0v) is 18.4. The van der Waals surface area contributed by atoms with E-state index in [1.54, 1.807) is 45.2 Å². The van der Waals surface area contributed by atoms with Gasteiger partial charge < -0.3 is 14.3 Å². The van der Waals surface area contributed by atoms with Crippen LogP contribution in [0.15, 0.2) is 48.7 Å². The summed E-state index contributed by atoms with van der Waals surface area (Å²) in [5.41, 5.74) is 0.618. The van der Waals surface area contributed by atoms with Crippen LogP contribution in [-0.4, -0.2) is 42.0 Å². The molecule has 0 N–H and O–H groups in total. The lowest BCUT2D eigenvalue weighted by Crippen LogP contribution is -2.42. The minimum absolute atomic E-state index is 0.118. The molecule has 1 saturated heterocycles. The van der Waals surface area contributed by atoms with Crippen LogP contribution < -0.4 is 9.80 Å². The molecule has 2 heterocycles. The molecule has 0 spiro atoms. The van der Waals surface area contributed by atoms with Crippen molar-refractivity contribution in [2.45, 2.75) is 50.9 Å². The molecule has 2 amide bonds. The van der Waals surface area contributed by atoms with Gasteiger partial charge in [0.1, 0.15) is 17.5 Å². The number of rotatable bonds is 5. The van der Waals surface area contributed by atoms with Gasteiger partial charge in [-0.3, -0.25) is 9.80 Å². The van der Waals surface area contributed by atoms with Gasteiger partial charge in [0.25, 0.3) is 5.54 Å². The van der Waals surface area contributed by atoms with E-state index in [9.17, 15) is 9.59 Å². The van der Waals surface area contributed by atoms with Crippen LogP contribution in [0.25, 0.3) is 4.85 Å². The minimum atomic E-state index is -0.672. The monoisotopic (exact) mass is 434 g/mol. The average molecular weight is 434 g/mol. The largest absolute Gasteiger partial charge is 0.443 e. The quantitative estimate of drug-likeness (QED) is 0.635. The number of hydrogen-bond acceptors (Lipinski definition) is 5. The van der Waals surface area contributed by atoms with Crippen molar-refractivity contribution in [2.75, 3.05) is 22.9 Å². The molecule has 2 aliphatic rings. The fourth-order valence-electron chi connectivity index (χ4n) is 3.66. The zero-order valence-electron chi connectivity index (χ0n) is 18.4. The van der Waals surface area contributed by atoms with E-state index in [4.69, 9.17) is 16.0 Å². The third kappa shape index (κ3) is 4.52. The molecule has 0 radical (unpaired) electrons. The molecule has 8 heteroatoms. The first kappa shape index (κ1) is 21.6. The number of cyclic esters (lactones) is 1. The second-order valence-electron chi connectivity index (χ2n) is 9.09. The summed E-state index contributed by atoms with van der Waals surface area (Å²) in [6, 6.07) is 12.7. The van der Waals surface area contributed by atoms with Crippen LogP contribution in [0.1, 0.15) is 39.2 Å². The summed E-state index contributed by atoms with van der Waals surface area (Å²) in [6.45, 7) is 13.2. The van der Waals surface area contributed by atoms with Gasteiger partial charge in [0, 0.05) is 30.3 Å². The van der Waals surface area contributed by atoms with Gasteiger partial charge in [-0.1, -0.05) is 6.07 Å². The van der Waals surface area contributed by atoms with Crippen molar-refractivity contribution in [1.29, 1.82) is 0 Å². The Hall–Kier alpha value is -3.60. The summed E-state index contributed by atoms with van der Waals surface area (Å²) < 4.78 is 11.1. The van der Waals surface area contributed by atoms with E-state index < -0.39 is 23.9 Å². The summed E-state index contributed by atoms with van der Waals surface area (Å²) in [7, 11) is 0. The Balaban J connectivity index is 1.48. The van der Waals surface area contributed by atoms with E-state index in [-0.39, 0.29) is 18.6 Å². The molecule has 32 heavy (non-hydrogen) atoms. The van der Waals surface area contributed by atoms with E-state index in [0.717, 1.165) is 18.4 Å². The van der Waals surface area contributed by atoms with Gasteiger partial charge in [-0.15, -0.1) is 0 Å². The molecular formula is C24H26N4O4. The molecular weight excluding hydrogens is 408 g/mol. The first-order valence-corrected chi connectivity index (χ1v) is 10.6. The molecule has 2 aromatic rings. The first-order chi connectivity index (χ1) is 15.2. The number of aromatic nitrogens is 1. The predicted octanol–water partition coefficient (Wildman–Crippen LogP) is 4.76. The van der Waals surface area contributed by atoms with Crippen molar-refractivity contribution in [2.24, 2.45) is 0 Å². The normalized spacial score (nSPS) is 19.1. The maximum Gasteiger partial charge on any atom is 0.416 e. The summed E-state index contributed by atoms with van der Waals surface area (Å²) in [6.07, 6.45) is 1.77. The van der Waals surface area contributed by atoms with Crippen molar-refractivity contribution >= 4 is 23.7 Å². The van der Waals surface area contributed by atoms with Crippen LogP contribution in [0.5, 0.6) is 0 Å². The molecule has 1 aliphatic carbocycles. The maximum absolute atomic E-state index is 12.8. The van der Waals surface area contributed by atoms with Crippen molar-refractivity contribution in [1.82, 2.24) is 4.98 Å². The highest BCUT2D eigenvalue weighted by atomic mass is 16.6. The number of hydrogen-bond donors (Lipinski definition) is 0. The number of carbonyl (C=O) groups is 2. The maximum atomic E-state index is 12.8. The van der Waals surface area contributed by atoms with Gasteiger partial charge in [-0.25, -0.2) is 21.1 Å². The van der Waals surface area contributed by atoms with Crippen molar-refractivity contribution in [3.8, 4) is 0 Å². The zero-order chi connectivity index (χ0) is 22.9. The lowest BCUT2D eigenvalue weighted by molar-refractivity contribution is 0.0557. The van der Waals surface area contributed by atoms with E-state index in [2.05, 4.69) is 9.83 Å². The van der Waals surface area contributed by atoms with Crippen molar-refractivity contribution in [3.05, 3.63) is 65.6 Å². The third-order valence-corrected chi connectivity index (χ3v) is 5.45. The van der Waals surface area contributed by atoms with Gasteiger partial charge in [0.05, 0.1) is 13.1 Å². The second-order valence-corrected chi connectivity index (χ2v) is 9.09. The van der Waals surface area contributed by atoms with Crippen LogP contribution in [0.2, 0.25) is 0 Å². The van der Waals surface area contributed by atoms with E-state index >= 15 is 0 Å². The molecule has 0 unspecified atom stereocenters. The van der Waals surface area contributed by atoms with Gasteiger partial charge in [-0.2, -0.15) is 0 Å². The van der Waals surface area contributed by atoms with Crippen molar-refractivity contribution in [3.63, 3.8) is 0 Å². The summed E-state index contributed by atoms with van der Waals surface area (Å²) in [4.78, 5) is 36.3.